The van der Waals surface area contributed by atoms with E-state index in [9.17, 15) is 18.0 Å². The summed E-state index contributed by atoms with van der Waals surface area (Å²) in [6.45, 7) is 1.74. The van der Waals surface area contributed by atoms with Crippen molar-refractivity contribution in [1.29, 1.82) is 0 Å². The minimum absolute atomic E-state index is 0.0758. The number of carbonyl (C=O) groups is 1. The van der Waals surface area contributed by atoms with Gasteiger partial charge in [-0.3, -0.25) is 4.98 Å². The van der Waals surface area contributed by atoms with E-state index < -0.39 is 17.8 Å². The molecule has 3 aromatic rings. The second-order valence-corrected chi connectivity index (χ2v) is 6.16. The number of benzene rings is 2. The van der Waals surface area contributed by atoms with Crippen LogP contribution >= 0.6 is 0 Å². The Labute approximate surface area is 165 Å². The average molecular weight is 401 g/mol. The number of aryl methyl sites for hydroxylation is 1. The highest BCUT2D eigenvalue weighted by atomic mass is 19.4. The summed E-state index contributed by atoms with van der Waals surface area (Å²) in [5, 5.41) is 5.02. The Kier molecular flexibility index (Phi) is 6.01. The number of anilines is 2. The Morgan fingerprint density at radius 1 is 0.931 bits per heavy atom. The molecule has 3 rings (SSSR count). The van der Waals surface area contributed by atoms with Crippen LogP contribution in [0.25, 0.3) is 0 Å². The summed E-state index contributed by atoms with van der Waals surface area (Å²) in [6, 6.07) is 12.8. The van der Waals surface area contributed by atoms with Crippen molar-refractivity contribution in [1.82, 2.24) is 4.98 Å². The first-order chi connectivity index (χ1) is 13.8. The molecule has 1 aromatic heterocycles. The highest BCUT2D eigenvalue weighted by Gasteiger charge is 2.31. The number of hydrogen-bond acceptors (Lipinski definition) is 3. The number of hydrogen-bond donors (Lipinski definition) is 2. The lowest BCUT2D eigenvalue weighted by Crippen LogP contribution is -2.20. The first-order valence-corrected chi connectivity index (χ1v) is 8.80. The number of alkyl halides is 3. The molecule has 0 aliphatic carbocycles. The molecular formula is C21H18F3N3O2. The first kappa shape index (κ1) is 20.2. The molecule has 0 aliphatic rings. The van der Waals surface area contributed by atoms with Gasteiger partial charge in [-0.05, 0) is 66.6 Å². The summed E-state index contributed by atoms with van der Waals surface area (Å²) in [6.07, 6.45) is -0.859. The molecular weight excluding hydrogens is 383 g/mol. The highest BCUT2D eigenvalue weighted by molar-refractivity contribution is 5.99. The first-order valence-electron chi connectivity index (χ1n) is 8.80. The smallest absolute Gasteiger partial charge is 0.416 e. The number of halogens is 3. The zero-order valence-corrected chi connectivity index (χ0v) is 15.5. The molecule has 0 spiro atoms. The highest BCUT2D eigenvalue weighted by Crippen LogP contribution is 2.32. The van der Waals surface area contributed by atoms with Crippen LogP contribution in [0.15, 0.2) is 67.0 Å². The van der Waals surface area contributed by atoms with Crippen LogP contribution in [0.3, 0.4) is 0 Å². The molecule has 0 bridgehead atoms. The Morgan fingerprint density at radius 3 is 2.17 bits per heavy atom. The van der Waals surface area contributed by atoms with E-state index in [1.807, 2.05) is 0 Å². The second-order valence-electron chi connectivity index (χ2n) is 6.16. The summed E-state index contributed by atoms with van der Waals surface area (Å²) in [5.74, 6) is 1.18. The molecule has 0 fully saturated rings. The van der Waals surface area contributed by atoms with Gasteiger partial charge < -0.3 is 15.4 Å². The van der Waals surface area contributed by atoms with Crippen molar-refractivity contribution in [3.8, 4) is 11.5 Å². The summed E-state index contributed by atoms with van der Waals surface area (Å²) in [4.78, 5) is 16.1. The van der Waals surface area contributed by atoms with E-state index in [0.717, 1.165) is 12.1 Å². The van der Waals surface area contributed by atoms with Crippen molar-refractivity contribution in [2.45, 2.75) is 19.5 Å². The molecule has 2 N–H and O–H groups in total. The molecule has 5 nitrogen and oxygen atoms in total. The molecule has 1 heterocycles. The van der Waals surface area contributed by atoms with Crippen LogP contribution < -0.4 is 15.4 Å². The second kappa shape index (κ2) is 8.64. The SMILES string of the molecule is CCc1cc(NC(=O)Nc2ccc(Oc3ccncc3)cc2)cc(C(F)(F)F)c1. The molecule has 0 saturated heterocycles. The molecule has 2 aromatic carbocycles. The normalized spacial score (nSPS) is 11.0. The Balaban J connectivity index is 1.65. The molecule has 2 amide bonds. The van der Waals surface area contributed by atoms with Crippen LogP contribution in [0, 0.1) is 0 Å². The summed E-state index contributed by atoms with van der Waals surface area (Å²) in [7, 11) is 0. The summed E-state index contributed by atoms with van der Waals surface area (Å²) >= 11 is 0. The number of ether oxygens (including phenoxy) is 1. The van der Waals surface area contributed by atoms with Gasteiger partial charge in [0.05, 0.1) is 5.56 Å². The number of pyridine rings is 1. The van der Waals surface area contributed by atoms with Crippen LogP contribution in [-0.4, -0.2) is 11.0 Å². The van der Waals surface area contributed by atoms with Gasteiger partial charge in [-0.25, -0.2) is 4.79 Å². The Morgan fingerprint density at radius 2 is 1.55 bits per heavy atom. The minimum atomic E-state index is -4.48. The fourth-order valence-corrected chi connectivity index (χ4v) is 2.57. The van der Waals surface area contributed by atoms with Gasteiger partial charge in [-0.15, -0.1) is 0 Å². The fraction of sp³-hybridized carbons (Fsp3) is 0.143. The standard InChI is InChI=1S/C21H18F3N3O2/c1-2-14-11-15(21(22,23)24)13-17(12-14)27-20(28)26-16-3-5-18(6-4-16)29-19-7-9-25-10-8-19/h3-13H,2H2,1H3,(H2,26,27,28). The molecule has 0 aliphatic heterocycles. The molecule has 0 saturated carbocycles. The monoisotopic (exact) mass is 401 g/mol. The van der Waals surface area contributed by atoms with E-state index >= 15 is 0 Å². The number of amides is 2. The average Bonchev–Trinajstić information content (AvgIpc) is 2.69. The number of aromatic nitrogens is 1. The maximum absolute atomic E-state index is 13.0. The van der Waals surface area contributed by atoms with Crippen LogP contribution in [0.4, 0.5) is 29.3 Å². The fourth-order valence-electron chi connectivity index (χ4n) is 2.57. The zero-order chi connectivity index (χ0) is 20.9. The maximum Gasteiger partial charge on any atom is 0.416 e. The van der Waals surface area contributed by atoms with Gasteiger partial charge in [0, 0.05) is 23.8 Å². The maximum atomic E-state index is 13.0. The van der Waals surface area contributed by atoms with Crippen molar-refractivity contribution in [3.05, 3.63) is 78.1 Å². The number of nitrogens with zero attached hydrogens (tertiary/aromatic N) is 1. The van der Waals surface area contributed by atoms with Crippen molar-refractivity contribution in [2.75, 3.05) is 10.6 Å². The number of nitrogens with one attached hydrogen (secondary N) is 2. The minimum Gasteiger partial charge on any atom is -0.457 e. The topological polar surface area (TPSA) is 63.2 Å². The lowest BCUT2D eigenvalue weighted by atomic mass is 10.1. The third-order valence-corrected chi connectivity index (χ3v) is 3.98. The largest absolute Gasteiger partial charge is 0.457 e. The predicted molar refractivity (Wildman–Crippen MR) is 104 cm³/mol. The summed E-state index contributed by atoms with van der Waals surface area (Å²) in [5.41, 5.74) is 0.219. The predicted octanol–water partition coefficient (Wildman–Crippen LogP) is 6.10. The van der Waals surface area contributed by atoms with E-state index in [2.05, 4.69) is 15.6 Å². The van der Waals surface area contributed by atoms with E-state index in [-0.39, 0.29) is 5.69 Å². The molecule has 0 radical (unpaired) electrons. The van der Waals surface area contributed by atoms with E-state index in [4.69, 9.17) is 4.74 Å². The lowest BCUT2D eigenvalue weighted by Gasteiger charge is -2.13. The van der Waals surface area contributed by atoms with E-state index in [1.165, 1.54) is 6.07 Å². The van der Waals surface area contributed by atoms with Gasteiger partial charge in [-0.1, -0.05) is 6.92 Å². The third-order valence-electron chi connectivity index (χ3n) is 3.98. The Bertz CT molecular complexity index is 975. The molecule has 0 unspecified atom stereocenters. The molecule has 0 atom stereocenters. The van der Waals surface area contributed by atoms with Gasteiger partial charge in [0.1, 0.15) is 11.5 Å². The third kappa shape index (κ3) is 5.71. The number of carbonyl (C=O) groups excluding carboxylic acids is 1. The van der Waals surface area contributed by atoms with Crippen molar-refractivity contribution < 1.29 is 22.7 Å². The van der Waals surface area contributed by atoms with Gasteiger partial charge in [0.15, 0.2) is 0 Å². The van der Waals surface area contributed by atoms with Crippen molar-refractivity contribution >= 4 is 17.4 Å². The zero-order valence-electron chi connectivity index (χ0n) is 15.5. The van der Waals surface area contributed by atoms with E-state index in [1.54, 1.807) is 55.7 Å². The van der Waals surface area contributed by atoms with Gasteiger partial charge in [0.2, 0.25) is 0 Å². The van der Waals surface area contributed by atoms with Crippen LogP contribution in [0.2, 0.25) is 0 Å². The van der Waals surface area contributed by atoms with Crippen LogP contribution in [0.5, 0.6) is 11.5 Å². The van der Waals surface area contributed by atoms with Crippen molar-refractivity contribution in [3.63, 3.8) is 0 Å². The van der Waals surface area contributed by atoms with Gasteiger partial charge >= 0.3 is 12.2 Å². The Hall–Kier alpha value is -3.55. The van der Waals surface area contributed by atoms with Crippen molar-refractivity contribution in [2.24, 2.45) is 0 Å². The van der Waals surface area contributed by atoms with E-state index in [0.29, 0.717) is 29.2 Å². The summed E-state index contributed by atoms with van der Waals surface area (Å²) < 4.78 is 44.7. The molecule has 150 valence electrons. The van der Waals surface area contributed by atoms with Crippen LogP contribution in [0.1, 0.15) is 18.1 Å². The van der Waals surface area contributed by atoms with Gasteiger partial charge in [-0.2, -0.15) is 13.2 Å². The number of rotatable bonds is 5. The lowest BCUT2D eigenvalue weighted by molar-refractivity contribution is -0.137. The molecule has 29 heavy (non-hydrogen) atoms. The number of urea groups is 1. The van der Waals surface area contributed by atoms with Crippen LogP contribution in [-0.2, 0) is 12.6 Å². The molecule has 8 heteroatoms. The quantitative estimate of drug-likeness (QED) is 0.543. The van der Waals surface area contributed by atoms with Gasteiger partial charge in [0.25, 0.3) is 0 Å².